The van der Waals surface area contributed by atoms with Gasteiger partial charge in [0.05, 0.1) is 0 Å². The van der Waals surface area contributed by atoms with E-state index in [4.69, 9.17) is 0 Å². The van der Waals surface area contributed by atoms with Crippen molar-refractivity contribution in [2.75, 3.05) is 63.2 Å². The van der Waals surface area contributed by atoms with Crippen LogP contribution in [0.4, 0.5) is 11.5 Å². The molecule has 1 aromatic heterocycles. The molecule has 0 unspecified atom stereocenters. The number of hydrogen-bond donors (Lipinski definition) is 1. The Kier molecular flexibility index (Phi) is 6.30. The fourth-order valence-electron chi connectivity index (χ4n) is 3.17. The summed E-state index contributed by atoms with van der Waals surface area (Å²) in [5.41, 5.74) is 1.23. The maximum absolute atomic E-state index is 4.46. The zero-order valence-corrected chi connectivity index (χ0v) is 15.7. The van der Waals surface area contributed by atoms with Crippen molar-refractivity contribution in [1.82, 2.24) is 15.2 Å². The van der Waals surface area contributed by atoms with Crippen LogP contribution < -0.4 is 15.1 Å². The molecule has 1 aliphatic rings. The minimum atomic E-state index is 0.860. The molecule has 0 amide bonds. The quantitative estimate of drug-likeness (QED) is 0.658. The summed E-state index contributed by atoms with van der Waals surface area (Å²) in [7, 11) is 3.97. The van der Waals surface area contributed by atoms with E-state index >= 15 is 0 Å². The Morgan fingerprint density at radius 3 is 2.46 bits per heavy atom. The van der Waals surface area contributed by atoms with Crippen LogP contribution in [0, 0.1) is 0 Å². The summed E-state index contributed by atoms with van der Waals surface area (Å²) in [6.45, 7) is 5.61. The van der Waals surface area contributed by atoms with Gasteiger partial charge in [-0.05, 0) is 24.3 Å². The third kappa shape index (κ3) is 4.65. The fraction of sp³-hybridized carbons (Fsp3) is 0.400. The maximum atomic E-state index is 4.46. The molecule has 138 valence electrons. The molecule has 1 aromatic carbocycles. The second-order valence-electron chi connectivity index (χ2n) is 6.39. The summed E-state index contributed by atoms with van der Waals surface area (Å²) in [4.78, 5) is 15.8. The Hall–Kier alpha value is -2.76. The fourth-order valence-corrected chi connectivity index (χ4v) is 3.17. The average molecular weight is 352 g/mol. The van der Waals surface area contributed by atoms with Crippen LogP contribution >= 0.6 is 0 Å². The van der Waals surface area contributed by atoms with Crippen LogP contribution in [0.1, 0.15) is 0 Å². The van der Waals surface area contributed by atoms with Crippen LogP contribution in [0.5, 0.6) is 0 Å². The van der Waals surface area contributed by atoms with E-state index in [0.717, 1.165) is 51.0 Å². The number of para-hydroxylation sites is 1. The Morgan fingerprint density at radius 1 is 1.08 bits per heavy atom. The Bertz CT molecular complexity index is 680. The van der Waals surface area contributed by atoms with Gasteiger partial charge in [-0.2, -0.15) is 0 Å². The van der Waals surface area contributed by atoms with Gasteiger partial charge >= 0.3 is 0 Å². The van der Waals surface area contributed by atoms with Gasteiger partial charge in [0.15, 0.2) is 5.96 Å². The maximum Gasteiger partial charge on any atom is 0.193 e. The second kappa shape index (κ2) is 9.08. The monoisotopic (exact) mass is 352 g/mol. The average Bonchev–Trinajstić information content (AvgIpc) is 2.72. The number of nitrogens with zero attached hydrogens (tertiary/aromatic N) is 5. The predicted molar refractivity (Wildman–Crippen MR) is 109 cm³/mol. The summed E-state index contributed by atoms with van der Waals surface area (Å²) < 4.78 is 0. The Labute approximate surface area is 156 Å². The molecular weight excluding hydrogens is 324 g/mol. The van der Waals surface area contributed by atoms with E-state index in [2.05, 4.69) is 67.4 Å². The molecule has 6 heteroatoms. The molecule has 0 radical (unpaired) electrons. The van der Waals surface area contributed by atoms with Crippen molar-refractivity contribution >= 4 is 17.5 Å². The molecule has 1 N–H and O–H groups in total. The van der Waals surface area contributed by atoms with Crippen molar-refractivity contribution in [1.29, 1.82) is 0 Å². The standard InChI is InChI=1S/C20H28N6/c1-21-20(23-12-13-24(2)18-8-4-3-5-9-18)26-16-14-25(15-17-26)19-10-6-7-11-22-19/h3-11H,12-17H2,1-2H3,(H,21,23). The molecule has 3 rings (SSSR count). The summed E-state index contributed by atoms with van der Waals surface area (Å²) in [5.74, 6) is 2.03. The van der Waals surface area contributed by atoms with Gasteiger partial charge < -0.3 is 20.0 Å². The van der Waals surface area contributed by atoms with Crippen molar-refractivity contribution in [3.8, 4) is 0 Å². The van der Waals surface area contributed by atoms with E-state index in [-0.39, 0.29) is 0 Å². The number of aliphatic imine (C=N–C) groups is 1. The van der Waals surface area contributed by atoms with Crippen LogP contribution in [0.15, 0.2) is 59.7 Å². The van der Waals surface area contributed by atoms with E-state index in [1.807, 2.05) is 31.4 Å². The van der Waals surface area contributed by atoms with E-state index in [9.17, 15) is 0 Å². The number of benzene rings is 1. The summed E-state index contributed by atoms with van der Waals surface area (Å²) in [5, 5.41) is 3.49. The van der Waals surface area contributed by atoms with Crippen molar-refractivity contribution in [3.63, 3.8) is 0 Å². The molecule has 1 saturated heterocycles. The van der Waals surface area contributed by atoms with Crippen molar-refractivity contribution < 1.29 is 0 Å². The summed E-state index contributed by atoms with van der Waals surface area (Å²) in [6, 6.07) is 16.5. The number of hydrogen-bond acceptors (Lipinski definition) is 4. The second-order valence-corrected chi connectivity index (χ2v) is 6.39. The highest BCUT2D eigenvalue weighted by molar-refractivity contribution is 5.80. The first-order valence-electron chi connectivity index (χ1n) is 9.15. The predicted octanol–water partition coefficient (Wildman–Crippen LogP) is 1.92. The Morgan fingerprint density at radius 2 is 1.81 bits per heavy atom. The lowest BCUT2D eigenvalue weighted by atomic mass is 10.3. The third-order valence-corrected chi connectivity index (χ3v) is 4.69. The zero-order valence-electron chi connectivity index (χ0n) is 15.7. The molecule has 1 fully saturated rings. The number of guanidine groups is 1. The number of piperazine rings is 1. The molecule has 0 bridgehead atoms. The lowest BCUT2D eigenvalue weighted by Crippen LogP contribution is -2.53. The van der Waals surface area contributed by atoms with Crippen molar-refractivity contribution in [2.24, 2.45) is 4.99 Å². The van der Waals surface area contributed by atoms with Gasteiger partial charge in [-0.3, -0.25) is 4.99 Å². The molecule has 0 atom stereocenters. The highest BCUT2D eigenvalue weighted by Gasteiger charge is 2.20. The van der Waals surface area contributed by atoms with Gasteiger partial charge in [0.25, 0.3) is 0 Å². The van der Waals surface area contributed by atoms with E-state index in [1.54, 1.807) is 0 Å². The first-order valence-corrected chi connectivity index (χ1v) is 9.15. The SMILES string of the molecule is CN=C(NCCN(C)c1ccccc1)N1CCN(c2ccccn2)CC1. The van der Waals surface area contributed by atoms with Crippen molar-refractivity contribution in [2.45, 2.75) is 0 Å². The molecule has 6 nitrogen and oxygen atoms in total. The summed E-state index contributed by atoms with van der Waals surface area (Å²) >= 11 is 0. The molecule has 0 aliphatic carbocycles. The molecule has 2 heterocycles. The highest BCUT2D eigenvalue weighted by atomic mass is 15.4. The van der Waals surface area contributed by atoms with Crippen LogP contribution in [-0.2, 0) is 0 Å². The number of anilines is 2. The largest absolute Gasteiger partial charge is 0.373 e. The van der Waals surface area contributed by atoms with Crippen LogP contribution in [0.25, 0.3) is 0 Å². The van der Waals surface area contributed by atoms with Gasteiger partial charge in [-0.1, -0.05) is 24.3 Å². The first-order chi connectivity index (χ1) is 12.8. The van der Waals surface area contributed by atoms with Crippen molar-refractivity contribution in [3.05, 3.63) is 54.7 Å². The third-order valence-electron chi connectivity index (χ3n) is 4.69. The minimum absolute atomic E-state index is 0.860. The van der Waals surface area contributed by atoms with E-state index < -0.39 is 0 Å². The van der Waals surface area contributed by atoms with E-state index in [0.29, 0.717) is 0 Å². The number of aromatic nitrogens is 1. The topological polar surface area (TPSA) is 47.0 Å². The number of pyridine rings is 1. The lowest BCUT2D eigenvalue weighted by molar-refractivity contribution is 0.372. The molecule has 2 aromatic rings. The normalized spacial score (nSPS) is 15.1. The lowest BCUT2D eigenvalue weighted by Gasteiger charge is -2.37. The van der Waals surface area contributed by atoms with Gasteiger partial charge in [-0.15, -0.1) is 0 Å². The molecule has 0 spiro atoms. The van der Waals surface area contributed by atoms with Crippen LogP contribution in [0.3, 0.4) is 0 Å². The van der Waals surface area contributed by atoms with Gasteiger partial charge in [-0.25, -0.2) is 4.98 Å². The minimum Gasteiger partial charge on any atom is -0.373 e. The summed E-state index contributed by atoms with van der Waals surface area (Å²) in [6.07, 6.45) is 1.85. The van der Waals surface area contributed by atoms with E-state index in [1.165, 1.54) is 5.69 Å². The number of nitrogens with one attached hydrogen (secondary N) is 1. The van der Waals surface area contributed by atoms with Gasteiger partial charge in [0, 0.05) is 65.2 Å². The molecule has 26 heavy (non-hydrogen) atoms. The molecule has 0 saturated carbocycles. The zero-order chi connectivity index (χ0) is 18.2. The first kappa shape index (κ1) is 18.0. The molecular formula is C20H28N6. The van der Waals surface area contributed by atoms with Gasteiger partial charge in [0.1, 0.15) is 5.82 Å². The molecule has 1 aliphatic heterocycles. The van der Waals surface area contributed by atoms with Crippen LogP contribution in [0.2, 0.25) is 0 Å². The number of rotatable bonds is 5. The van der Waals surface area contributed by atoms with Crippen LogP contribution in [-0.4, -0.2) is 69.2 Å². The number of likely N-dealkylation sites (N-methyl/N-ethyl adjacent to an activating group) is 1. The van der Waals surface area contributed by atoms with Gasteiger partial charge in [0.2, 0.25) is 0 Å². The Balaban J connectivity index is 1.45. The smallest absolute Gasteiger partial charge is 0.193 e. The highest BCUT2D eigenvalue weighted by Crippen LogP contribution is 2.13.